The molecule has 0 saturated heterocycles. The number of phenols is 1. The number of aromatic hydroxyl groups is 1. The molecule has 0 aliphatic rings. The van der Waals surface area contributed by atoms with Gasteiger partial charge in [0, 0.05) is 24.0 Å². The average molecular weight is 338 g/mol. The van der Waals surface area contributed by atoms with Crippen LogP contribution in [0.3, 0.4) is 0 Å². The Labute approximate surface area is 141 Å². The summed E-state index contributed by atoms with van der Waals surface area (Å²) in [5.41, 5.74) is 1.07. The lowest BCUT2D eigenvalue weighted by Gasteiger charge is -1.99. The van der Waals surface area contributed by atoms with E-state index in [0.29, 0.717) is 16.9 Å². The minimum Gasteiger partial charge on any atom is -0.506 e. The van der Waals surface area contributed by atoms with E-state index in [1.807, 2.05) is 18.2 Å². The number of H-pyrrole nitrogens is 1. The topological polar surface area (TPSA) is 114 Å². The number of rotatable bonds is 4. The van der Waals surface area contributed by atoms with Gasteiger partial charge in [0.25, 0.3) is 11.2 Å². The van der Waals surface area contributed by atoms with Crippen LogP contribution in [0.25, 0.3) is 5.69 Å². The molecule has 126 valence electrons. The molecule has 8 nitrogen and oxygen atoms in total. The molecular formula is C17H14N4O4. The highest BCUT2D eigenvalue weighted by Crippen LogP contribution is 2.30. The molecule has 0 aliphatic heterocycles. The molecule has 0 saturated carbocycles. The number of benzene rings is 2. The predicted molar refractivity (Wildman–Crippen MR) is 93.1 cm³/mol. The van der Waals surface area contributed by atoms with E-state index in [1.165, 1.54) is 23.0 Å². The zero-order chi connectivity index (χ0) is 18.0. The number of nitrogens with one attached hydrogen (secondary N) is 1. The maximum atomic E-state index is 12.5. The van der Waals surface area contributed by atoms with Crippen molar-refractivity contribution in [2.24, 2.45) is 4.99 Å². The van der Waals surface area contributed by atoms with Gasteiger partial charge in [0.2, 0.25) is 0 Å². The van der Waals surface area contributed by atoms with Crippen LogP contribution in [0.2, 0.25) is 0 Å². The number of aliphatic imine (C=N–C) groups is 1. The Morgan fingerprint density at radius 2 is 1.96 bits per heavy atom. The summed E-state index contributed by atoms with van der Waals surface area (Å²) < 4.78 is 1.38. The minimum absolute atomic E-state index is 0.0143. The highest BCUT2D eigenvalue weighted by Gasteiger charge is 2.12. The van der Waals surface area contributed by atoms with E-state index < -0.39 is 4.92 Å². The van der Waals surface area contributed by atoms with E-state index in [4.69, 9.17) is 0 Å². The summed E-state index contributed by atoms with van der Waals surface area (Å²) in [6.07, 6.45) is 1.28. The van der Waals surface area contributed by atoms with Crippen LogP contribution in [-0.4, -0.2) is 26.0 Å². The number of nitro benzene ring substituents is 1. The smallest absolute Gasteiger partial charge is 0.280 e. The average Bonchev–Trinajstić information content (AvgIpc) is 2.89. The Bertz CT molecular complexity index is 1020. The fraction of sp³-hybridized carbons (Fsp3) is 0.0588. The van der Waals surface area contributed by atoms with E-state index in [0.717, 1.165) is 6.07 Å². The molecule has 0 radical (unpaired) electrons. The molecular weight excluding hydrogens is 324 g/mol. The summed E-state index contributed by atoms with van der Waals surface area (Å²) in [4.78, 5) is 26.8. The van der Waals surface area contributed by atoms with E-state index in [2.05, 4.69) is 10.1 Å². The summed E-state index contributed by atoms with van der Waals surface area (Å²) in [5, 5.41) is 23.6. The number of para-hydroxylation sites is 1. The van der Waals surface area contributed by atoms with Gasteiger partial charge in [-0.05, 0) is 25.1 Å². The zero-order valence-corrected chi connectivity index (χ0v) is 13.2. The van der Waals surface area contributed by atoms with E-state index in [9.17, 15) is 20.0 Å². The minimum atomic E-state index is -0.581. The van der Waals surface area contributed by atoms with E-state index in [1.54, 1.807) is 19.1 Å². The van der Waals surface area contributed by atoms with Gasteiger partial charge in [0.05, 0.1) is 16.2 Å². The first-order valence-electron chi connectivity index (χ1n) is 7.36. The van der Waals surface area contributed by atoms with Crippen molar-refractivity contribution >= 4 is 17.6 Å². The van der Waals surface area contributed by atoms with Crippen LogP contribution in [0.15, 0.2) is 58.3 Å². The van der Waals surface area contributed by atoms with Crippen LogP contribution in [0.1, 0.15) is 11.3 Å². The number of nitro groups is 1. The maximum absolute atomic E-state index is 12.5. The van der Waals surface area contributed by atoms with Gasteiger partial charge in [-0.3, -0.25) is 25.0 Å². The number of hydrogen-bond donors (Lipinski definition) is 2. The van der Waals surface area contributed by atoms with Crippen molar-refractivity contribution in [1.29, 1.82) is 0 Å². The molecule has 0 fully saturated rings. The van der Waals surface area contributed by atoms with E-state index in [-0.39, 0.29) is 22.7 Å². The second kappa shape index (κ2) is 6.44. The summed E-state index contributed by atoms with van der Waals surface area (Å²) in [6.45, 7) is 1.72. The Morgan fingerprint density at radius 1 is 1.24 bits per heavy atom. The highest BCUT2D eigenvalue weighted by molar-refractivity contribution is 5.84. The van der Waals surface area contributed by atoms with Gasteiger partial charge < -0.3 is 5.11 Å². The van der Waals surface area contributed by atoms with Crippen LogP contribution < -0.4 is 5.56 Å². The number of nitrogens with zero attached hydrogens (tertiary/aromatic N) is 3. The van der Waals surface area contributed by atoms with Crippen LogP contribution in [0, 0.1) is 17.0 Å². The molecule has 0 bridgehead atoms. The van der Waals surface area contributed by atoms with Gasteiger partial charge in [-0.25, -0.2) is 4.68 Å². The van der Waals surface area contributed by atoms with Crippen molar-refractivity contribution in [1.82, 2.24) is 9.78 Å². The van der Waals surface area contributed by atoms with Crippen molar-refractivity contribution in [3.05, 3.63) is 80.3 Å². The first-order chi connectivity index (χ1) is 12.0. The van der Waals surface area contributed by atoms with Crippen molar-refractivity contribution in [2.45, 2.75) is 6.92 Å². The lowest BCUT2D eigenvalue weighted by atomic mass is 10.2. The first kappa shape index (κ1) is 16.2. The molecule has 3 aromatic rings. The van der Waals surface area contributed by atoms with Crippen molar-refractivity contribution in [2.75, 3.05) is 0 Å². The molecule has 0 spiro atoms. The van der Waals surface area contributed by atoms with Crippen LogP contribution >= 0.6 is 0 Å². The molecule has 0 unspecified atom stereocenters. The molecule has 0 aliphatic carbocycles. The summed E-state index contributed by atoms with van der Waals surface area (Å²) in [6, 6.07) is 12.5. The third kappa shape index (κ3) is 3.18. The predicted octanol–water partition coefficient (Wildman–Crippen LogP) is 2.84. The third-order valence-electron chi connectivity index (χ3n) is 3.63. The Balaban J connectivity index is 2.01. The number of non-ortho nitro benzene ring substituents is 1. The lowest BCUT2D eigenvalue weighted by molar-refractivity contribution is -0.384. The van der Waals surface area contributed by atoms with Gasteiger partial charge in [-0.2, -0.15) is 0 Å². The Hall–Kier alpha value is -3.68. The number of hydrogen-bond acceptors (Lipinski definition) is 5. The summed E-state index contributed by atoms with van der Waals surface area (Å²) in [7, 11) is 0. The van der Waals surface area contributed by atoms with Crippen LogP contribution in [0.4, 0.5) is 11.4 Å². The highest BCUT2D eigenvalue weighted by atomic mass is 16.6. The zero-order valence-electron chi connectivity index (χ0n) is 13.2. The second-order valence-electron chi connectivity index (χ2n) is 5.31. The number of phenolic OH excluding ortho intramolecular Hbond substituents is 1. The SMILES string of the molecule is Cc1[nH]n(-c2ccccc2)c(=O)c1C=Nc1cc([N+](=O)[O-])ccc1O. The Kier molecular flexibility index (Phi) is 4.17. The number of aromatic amines is 1. The van der Waals surface area contributed by atoms with Crippen LogP contribution in [-0.2, 0) is 0 Å². The van der Waals surface area contributed by atoms with Crippen LogP contribution in [0.5, 0.6) is 5.75 Å². The van der Waals surface area contributed by atoms with Gasteiger partial charge in [-0.1, -0.05) is 18.2 Å². The number of aryl methyl sites for hydroxylation is 1. The molecule has 3 rings (SSSR count). The first-order valence-corrected chi connectivity index (χ1v) is 7.36. The molecule has 0 amide bonds. The number of aromatic nitrogens is 2. The standard InChI is InChI=1S/C17H14N4O4/c1-11-14(17(23)20(19-11)12-5-3-2-4-6-12)10-18-15-9-13(21(24)25)7-8-16(15)22/h2-10,19,22H,1H3. The largest absolute Gasteiger partial charge is 0.506 e. The normalized spacial score (nSPS) is 11.1. The lowest BCUT2D eigenvalue weighted by Crippen LogP contribution is -2.17. The molecule has 2 N–H and O–H groups in total. The van der Waals surface area contributed by atoms with Gasteiger partial charge in [0.15, 0.2) is 0 Å². The van der Waals surface area contributed by atoms with E-state index >= 15 is 0 Å². The summed E-state index contributed by atoms with van der Waals surface area (Å²) >= 11 is 0. The molecule has 1 heterocycles. The molecule has 8 heteroatoms. The van der Waals surface area contributed by atoms with Crippen molar-refractivity contribution in [3.63, 3.8) is 0 Å². The quantitative estimate of drug-likeness (QED) is 0.432. The van der Waals surface area contributed by atoms with Gasteiger partial charge in [-0.15, -0.1) is 0 Å². The van der Waals surface area contributed by atoms with Gasteiger partial charge in [0.1, 0.15) is 11.4 Å². The second-order valence-corrected chi connectivity index (χ2v) is 5.31. The summed E-state index contributed by atoms with van der Waals surface area (Å²) in [5.74, 6) is -0.210. The molecule has 1 aromatic heterocycles. The Morgan fingerprint density at radius 3 is 2.64 bits per heavy atom. The fourth-order valence-corrected chi connectivity index (χ4v) is 2.33. The molecule has 2 aromatic carbocycles. The monoisotopic (exact) mass is 338 g/mol. The van der Waals surface area contributed by atoms with Gasteiger partial charge >= 0.3 is 0 Å². The fourth-order valence-electron chi connectivity index (χ4n) is 2.33. The third-order valence-corrected chi connectivity index (χ3v) is 3.63. The molecule has 0 atom stereocenters. The van der Waals surface area contributed by atoms with Crippen molar-refractivity contribution in [3.8, 4) is 11.4 Å². The molecule has 25 heavy (non-hydrogen) atoms. The van der Waals surface area contributed by atoms with Crippen molar-refractivity contribution < 1.29 is 10.0 Å². The maximum Gasteiger partial charge on any atom is 0.280 e.